The Hall–Kier alpha value is -2.65. The highest BCUT2D eigenvalue weighted by atomic mass is 16.6. The highest BCUT2D eigenvalue weighted by molar-refractivity contribution is 5.92. The number of aliphatic hydroxyl groups excluding tert-OH is 2. The summed E-state index contributed by atoms with van der Waals surface area (Å²) >= 11 is 0. The Kier molecular flexibility index (Phi) is 9.87. The number of carbonyl (C=O) groups excluding carboxylic acids is 3. The van der Waals surface area contributed by atoms with E-state index in [0.717, 1.165) is 11.1 Å². The number of alkyl carbamates (subject to hydrolysis) is 1. The molecule has 4 N–H and O–H groups in total. The van der Waals surface area contributed by atoms with Gasteiger partial charge >= 0.3 is 6.09 Å². The molecule has 0 spiro atoms. The van der Waals surface area contributed by atoms with Crippen LogP contribution >= 0.6 is 0 Å². The molecule has 0 aliphatic rings. The number of benzene rings is 1. The van der Waals surface area contributed by atoms with Gasteiger partial charge in [-0.2, -0.15) is 0 Å². The van der Waals surface area contributed by atoms with Gasteiger partial charge in [0.15, 0.2) is 0 Å². The van der Waals surface area contributed by atoms with Gasteiger partial charge in [0, 0.05) is 12.1 Å². The molecule has 0 saturated heterocycles. The van der Waals surface area contributed by atoms with E-state index >= 15 is 0 Å². The summed E-state index contributed by atoms with van der Waals surface area (Å²) in [6.07, 6.45) is -0.874. The van der Waals surface area contributed by atoms with E-state index in [1.807, 2.05) is 46.8 Å². The topological polar surface area (TPSA) is 128 Å². The molecule has 9 nitrogen and oxygen atoms in total. The highest BCUT2D eigenvalue weighted by Crippen LogP contribution is 2.25. The number of aliphatic hydroxyl groups is 2. The van der Waals surface area contributed by atoms with E-state index in [1.165, 1.54) is 4.90 Å². The van der Waals surface area contributed by atoms with Crippen LogP contribution in [0.3, 0.4) is 0 Å². The van der Waals surface area contributed by atoms with Crippen LogP contribution in [-0.4, -0.2) is 70.0 Å². The molecule has 0 aliphatic carbocycles. The van der Waals surface area contributed by atoms with E-state index < -0.39 is 54.3 Å². The molecule has 0 fully saturated rings. The maximum absolute atomic E-state index is 13.4. The first kappa shape index (κ1) is 28.4. The van der Waals surface area contributed by atoms with E-state index in [1.54, 1.807) is 26.8 Å². The van der Waals surface area contributed by atoms with Crippen molar-refractivity contribution in [2.24, 2.45) is 0 Å². The molecule has 2 unspecified atom stereocenters. The lowest BCUT2D eigenvalue weighted by atomic mass is 9.97. The largest absolute Gasteiger partial charge is 0.444 e. The number of hydrogen-bond acceptors (Lipinski definition) is 6. The zero-order chi connectivity index (χ0) is 25.6. The maximum Gasteiger partial charge on any atom is 0.408 e. The molecule has 186 valence electrons. The third-order valence-corrected chi connectivity index (χ3v) is 4.70. The molecule has 0 aliphatic heterocycles. The third kappa shape index (κ3) is 9.01. The van der Waals surface area contributed by atoms with E-state index in [4.69, 9.17) is 4.74 Å². The van der Waals surface area contributed by atoms with Gasteiger partial charge in [0.1, 0.15) is 17.7 Å². The first-order valence-corrected chi connectivity index (χ1v) is 11.0. The number of amides is 3. The Balaban J connectivity index is 3.40. The van der Waals surface area contributed by atoms with Crippen molar-refractivity contribution in [2.75, 3.05) is 19.8 Å². The first-order chi connectivity index (χ1) is 15.1. The van der Waals surface area contributed by atoms with Gasteiger partial charge < -0.3 is 30.5 Å². The molecule has 0 bridgehead atoms. The van der Waals surface area contributed by atoms with E-state index in [9.17, 15) is 24.6 Å². The fourth-order valence-corrected chi connectivity index (χ4v) is 3.16. The normalized spacial score (nSPS) is 13.6. The van der Waals surface area contributed by atoms with Gasteiger partial charge in [0.05, 0.1) is 13.2 Å². The predicted octanol–water partition coefficient (Wildman–Crippen LogP) is 1.97. The smallest absolute Gasteiger partial charge is 0.408 e. The molecule has 2 atom stereocenters. The molecule has 1 rings (SSSR count). The summed E-state index contributed by atoms with van der Waals surface area (Å²) in [4.78, 5) is 40.1. The number of nitrogens with one attached hydrogen (secondary N) is 2. The van der Waals surface area contributed by atoms with Crippen LogP contribution in [0.1, 0.15) is 64.3 Å². The number of hydrogen-bond donors (Lipinski definition) is 4. The van der Waals surface area contributed by atoms with Crippen LogP contribution in [0, 0.1) is 13.8 Å². The third-order valence-electron chi connectivity index (χ3n) is 4.70. The summed E-state index contributed by atoms with van der Waals surface area (Å²) in [5, 5.41) is 24.8. The van der Waals surface area contributed by atoms with Crippen LogP contribution in [0.4, 0.5) is 4.79 Å². The summed E-state index contributed by atoms with van der Waals surface area (Å²) in [7, 11) is 0. The van der Waals surface area contributed by atoms with Gasteiger partial charge in [-0.3, -0.25) is 9.59 Å². The number of rotatable bonds is 8. The average molecular weight is 466 g/mol. The molecule has 3 amide bonds. The van der Waals surface area contributed by atoms with Crippen molar-refractivity contribution in [3.8, 4) is 0 Å². The lowest BCUT2D eigenvalue weighted by molar-refractivity contribution is -0.144. The van der Waals surface area contributed by atoms with Gasteiger partial charge in [0.25, 0.3) is 0 Å². The second-order valence-electron chi connectivity index (χ2n) is 10.1. The molecular formula is C24H39N3O6. The molecule has 0 radical (unpaired) electrons. The van der Waals surface area contributed by atoms with Gasteiger partial charge in [-0.1, -0.05) is 18.2 Å². The van der Waals surface area contributed by atoms with Crippen LogP contribution < -0.4 is 10.6 Å². The minimum absolute atomic E-state index is 0.180. The fourth-order valence-electron chi connectivity index (χ4n) is 3.16. The van der Waals surface area contributed by atoms with E-state index in [0.29, 0.717) is 5.56 Å². The summed E-state index contributed by atoms with van der Waals surface area (Å²) in [6, 6.07) is 2.98. The number of ether oxygens (including phenoxy) is 1. The molecule has 9 heteroatoms. The maximum atomic E-state index is 13.4. The first-order valence-electron chi connectivity index (χ1n) is 11.0. The van der Waals surface area contributed by atoms with Crippen molar-refractivity contribution >= 4 is 17.9 Å². The lowest BCUT2D eigenvalue weighted by Gasteiger charge is -2.35. The Labute approximate surface area is 196 Å². The van der Waals surface area contributed by atoms with Crippen LogP contribution in [0.2, 0.25) is 0 Å². The van der Waals surface area contributed by atoms with Crippen LogP contribution in [0.15, 0.2) is 18.2 Å². The second-order valence-corrected chi connectivity index (χ2v) is 10.1. The van der Waals surface area contributed by atoms with Crippen molar-refractivity contribution in [3.63, 3.8) is 0 Å². The standard InChI is InChI=1S/C24H39N3O6/c1-15-9-10-17(13-16(15)2)19(20(30)26-23(3,4)5)27(11-12-28)21(31)18(14-29)25-22(32)33-24(6,7)8/h9-10,13,18-19,28-29H,11-12,14H2,1-8H3,(H,25,32)(H,26,30). The van der Waals surface area contributed by atoms with Crippen LogP contribution in [-0.2, 0) is 14.3 Å². The van der Waals surface area contributed by atoms with Gasteiger partial charge in [0.2, 0.25) is 11.8 Å². The van der Waals surface area contributed by atoms with Crippen molar-refractivity contribution in [3.05, 3.63) is 34.9 Å². The molecule has 0 heterocycles. The van der Waals surface area contributed by atoms with Crippen LogP contribution in [0.5, 0.6) is 0 Å². The van der Waals surface area contributed by atoms with E-state index in [-0.39, 0.29) is 6.54 Å². The Morgan fingerprint density at radius 2 is 1.64 bits per heavy atom. The lowest BCUT2D eigenvalue weighted by Crippen LogP contribution is -2.56. The van der Waals surface area contributed by atoms with Gasteiger partial charge in [-0.25, -0.2) is 4.79 Å². The van der Waals surface area contributed by atoms with Crippen molar-refractivity contribution < 1.29 is 29.3 Å². The minimum atomic E-state index is -1.36. The van der Waals surface area contributed by atoms with Gasteiger partial charge in [-0.05, 0) is 72.1 Å². The number of nitrogens with zero attached hydrogens (tertiary/aromatic N) is 1. The van der Waals surface area contributed by atoms with Crippen LogP contribution in [0.25, 0.3) is 0 Å². The average Bonchev–Trinajstić information content (AvgIpc) is 2.65. The Morgan fingerprint density at radius 1 is 1.03 bits per heavy atom. The number of aryl methyl sites for hydroxylation is 2. The monoisotopic (exact) mass is 465 g/mol. The second kappa shape index (κ2) is 11.5. The summed E-state index contributed by atoms with van der Waals surface area (Å²) < 4.78 is 5.19. The molecule has 1 aromatic rings. The zero-order valence-corrected chi connectivity index (χ0v) is 21.0. The quantitative estimate of drug-likeness (QED) is 0.465. The summed E-state index contributed by atoms with van der Waals surface area (Å²) in [6.45, 7) is 13.0. The van der Waals surface area contributed by atoms with Gasteiger partial charge in [-0.15, -0.1) is 0 Å². The zero-order valence-electron chi connectivity index (χ0n) is 21.0. The Bertz CT molecular complexity index is 842. The summed E-state index contributed by atoms with van der Waals surface area (Å²) in [5.74, 6) is -1.16. The predicted molar refractivity (Wildman–Crippen MR) is 126 cm³/mol. The highest BCUT2D eigenvalue weighted by Gasteiger charge is 2.37. The molecule has 0 saturated carbocycles. The van der Waals surface area contributed by atoms with Crippen molar-refractivity contribution in [1.82, 2.24) is 15.5 Å². The fraction of sp³-hybridized carbons (Fsp3) is 0.625. The summed E-state index contributed by atoms with van der Waals surface area (Å²) in [5.41, 5.74) is 1.13. The Morgan fingerprint density at radius 3 is 2.09 bits per heavy atom. The molecule has 1 aromatic carbocycles. The van der Waals surface area contributed by atoms with E-state index in [2.05, 4.69) is 10.6 Å². The van der Waals surface area contributed by atoms with Crippen molar-refractivity contribution in [2.45, 2.75) is 78.6 Å². The SMILES string of the molecule is Cc1ccc(C(C(=O)NC(C)(C)C)N(CCO)C(=O)C(CO)NC(=O)OC(C)(C)C)cc1C. The van der Waals surface area contributed by atoms with Crippen molar-refractivity contribution in [1.29, 1.82) is 0 Å². The minimum Gasteiger partial charge on any atom is -0.444 e. The molecule has 0 aromatic heterocycles. The molecular weight excluding hydrogens is 426 g/mol. The molecule has 33 heavy (non-hydrogen) atoms. The number of carbonyl (C=O) groups is 3.